The van der Waals surface area contributed by atoms with E-state index in [1.807, 2.05) is 6.20 Å². The Balaban J connectivity index is 3.24. The fraction of sp³-hybridized carbons (Fsp3) is 0.615. The van der Waals surface area contributed by atoms with Crippen LogP contribution in [0.3, 0.4) is 0 Å². The third-order valence-electron chi connectivity index (χ3n) is 2.47. The van der Waals surface area contributed by atoms with Gasteiger partial charge in [0.1, 0.15) is 5.75 Å². The van der Waals surface area contributed by atoms with Crippen LogP contribution in [0.5, 0.6) is 5.75 Å². The van der Waals surface area contributed by atoms with Crippen LogP contribution >= 0.6 is 15.9 Å². The lowest BCUT2D eigenvalue weighted by Crippen LogP contribution is -2.20. The Morgan fingerprint density at radius 3 is 2.47 bits per heavy atom. The zero-order chi connectivity index (χ0) is 13.1. The van der Waals surface area contributed by atoms with Crippen LogP contribution in [0.2, 0.25) is 13.1 Å². The van der Waals surface area contributed by atoms with Gasteiger partial charge in [-0.3, -0.25) is 4.98 Å². The summed E-state index contributed by atoms with van der Waals surface area (Å²) in [6, 6.07) is 2.09. The molecule has 0 saturated carbocycles. The van der Waals surface area contributed by atoms with Gasteiger partial charge in [-0.1, -0.05) is 36.7 Å². The molecule has 1 rings (SSSR count). The number of nitrogens with zero attached hydrogens (tertiary/aromatic N) is 1. The molecule has 0 aromatic carbocycles. The Kier molecular flexibility index (Phi) is 5.19. The Morgan fingerprint density at radius 2 is 2.00 bits per heavy atom. The number of halogens is 1. The summed E-state index contributed by atoms with van der Waals surface area (Å²) in [5.74, 6) is 1.03. The van der Waals surface area contributed by atoms with E-state index in [1.54, 1.807) is 0 Å². The van der Waals surface area contributed by atoms with E-state index in [1.165, 1.54) is 5.56 Å². The summed E-state index contributed by atoms with van der Waals surface area (Å²) in [5.41, 5.74) is 2.45. The highest BCUT2D eigenvalue weighted by molar-refractivity contribution is 9.09. The maximum absolute atomic E-state index is 6.11. The molecule has 1 heterocycles. The molecule has 0 aliphatic carbocycles. The van der Waals surface area contributed by atoms with Crippen LogP contribution in [0.1, 0.15) is 32.0 Å². The molecular weight excluding hydrogens is 294 g/mol. The monoisotopic (exact) mass is 315 g/mol. The highest BCUT2D eigenvalue weighted by Crippen LogP contribution is 2.33. The Labute approximate surface area is 115 Å². The summed E-state index contributed by atoms with van der Waals surface area (Å²) in [6.45, 7) is 11.0. The molecule has 0 aliphatic rings. The number of rotatable bonds is 4. The average molecular weight is 316 g/mol. The predicted octanol–water partition coefficient (Wildman–Crippen LogP) is 3.68. The number of hydrogen-bond donors (Lipinski definition) is 0. The normalized spacial score (nSPS) is 11.9. The van der Waals surface area contributed by atoms with E-state index in [9.17, 15) is 0 Å². The van der Waals surface area contributed by atoms with Gasteiger partial charge in [-0.2, -0.15) is 0 Å². The third-order valence-corrected chi connectivity index (χ3v) is 3.57. The van der Waals surface area contributed by atoms with Crippen LogP contribution in [0.4, 0.5) is 0 Å². The van der Waals surface area contributed by atoms with Gasteiger partial charge in [0.2, 0.25) is 9.04 Å². The van der Waals surface area contributed by atoms with Crippen molar-refractivity contribution in [2.24, 2.45) is 0 Å². The molecule has 0 N–H and O–H groups in total. The first-order chi connectivity index (χ1) is 7.86. The molecule has 2 nitrogen and oxygen atoms in total. The van der Waals surface area contributed by atoms with Gasteiger partial charge in [0.05, 0.1) is 5.69 Å². The minimum absolute atomic E-state index is 0.0998. The quantitative estimate of drug-likeness (QED) is 0.624. The van der Waals surface area contributed by atoms with E-state index in [4.69, 9.17) is 4.43 Å². The van der Waals surface area contributed by atoms with Crippen molar-refractivity contribution in [1.82, 2.24) is 4.98 Å². The third kappa shape index (κ3) is 4.10. The number of aromatic nitrogens is 1. The SMILES string of the molecule is C[SiH](C)Oc1c(C(C)(C)C)ccnc1CCBr. The van der Waals surface area contributed by atoms with Crippen molar-refractivity contribution in [3.63, 3.8) is 0 Å². The largest absolute Gasteiger partial charge is 0.546 e. The Bertz CT molecular complexity index is 374. The van der Waals surface area contributed by atoms with Crippen molar-refractivity contribution in [3.05, 3.63) is 23.5 Å². The average Bonchev–Trinajstić information content (AvgIpc) is 2.18. The molecule has 0 amide bonds. The minimum atomic E-state index is -1.11. The molecule has 96 valence electrons. The van der Waals surface area contributed by atoms with Gasteiger partial charge in [0.15, 0.2) is 0 Å². The Morgan fingerprint density at radius 1 is 1.35 bits per heavy atom. The first-order valence-electron chi connectivity index (χ1n) is 6.07. The van der Waals surface area contributed by atoms with Crippen LogP contribution in [0.15, 0.2) is 12.3 Å². The topological polar surface area (TPSA) is 22.1 Å². The molecule has 1 aromatic heterocycles. The second kappa shape index (κ2) is 6.00. The van der Waals surface area contributed by atoms with E-state index in [0.717, 1.165) is 23.2 Å². The highest BCUT2D eigenvalue weighted by Gasteiger charge is 2.22. The zero-order valence-electron chi connectivity index (χ0n) is 11.4. The molecule has 17 heavy (non-hydrogen) atoms. The van der Waals surface area contributed by atoms with Crippen LogP contribution in [-0.2, 0) is 11.8 Å². The molecular formula is C13H22BrNOSi. The van der Waals surface area contributed by atoms with E-state index in [2.05, 4.69) is 60.8 Å². The number of pyridine rings is 1. The van der Waals surface area contributed by atoms with Crippen LogP contribution < -0.4 is 4.43 Å². The van der Waals surface area contributed by atoms with Crippen molar-refractivity contribution in [1.29, 1.82) is 0 Å². The molecule has 0 fully saturated rings. The van der Waals surface area contributed by atoms with Gasteiger partial charge in [-0.05, 0) is 24.6 Å². The van der Waals surface area contributed by atoms with Crippen molar-refractivity contribution in [3.8, 4) is 5.75 Å². The summed E-state index contributed by atoms with van der Waals surface area (Å²) >= 11 is 3.48. The maximum atomic E-state index is 6.11. The lowest BCUT2D eigenvalue weighted by atomic mass is 9.86. The molecule has 4 heteroatoms. The number of aryl methyl sites for hydroxylation is 1. The standard InChI is InChI=1S/C13H22BrNOSi/c1-13(2,3)10-7-9-15-11(6-8-14)12(10)16-17(4)5/h7,9,17H,6,8H2,1-5H3. The number of hydrogen-bond acceptors (Lipinski definition) is 2. The summed E-state index contributed by atoms with van der Waals surface area (Å²) in [6.07, 6.45) is 2.81. The lowest BCUT2D eigenvalue weighted by molar-refractivity contribution is 0.510. The molecule has 0 saturated heterocycles. The first-order valence-corrected chi connectivity index (χ1v) is 9.97. The zero-order valence-corrected chi connectivity index (χ0v) is 14.1. The van der Waals surface area contributed by atoms with Crippen molar-refractivity contribution in [2.75, 3.05) is 5.33 Å². The summed E-state index contributed by atoms with van der Waals surface area (Å²) in [4.78, 5) is 4.46. The second-order valence-electron chi connectivity index (χ2n) is 5.49. The minimum Gasteiger partial charge on any atom is -0.546 e. The van der Waals surface area contributed by atoms with Gasteiger partial charge >= 0.3 is 0 Å². The van der Waals surface area contributed by atoms with E-state index >= 15 is 0 Å². The highest BCUT2D eigenvalue weighted by atomic mass is 79.9. The van der Waals surface area contributed by atoms with Crippen LogP contribution in [-0.4, -0.2) is 19.4 Å². The molecule has 0 bridgehead atoms. The van der Waals surface area contributed by atoms with Gasteiger partial charge in [-0.15, -0.1) is 0 Å². The van der Waals surface area contributed by atoms with Gasteiger partial charge in [0, 0.05) is 23.5 Å². The summed E-state index contributed by atoms with van der Waals surface area (Å²) in [7, 11) is -1.11. The summed E-state index contributed by atoms with van der Waals surface area (Å²) < 4.78 is 6.11. The molecule has 0 spiro atoms. The van der Waals surface area contributed by atoms with E-state index < -0.39 is 9.04 Å². The molecule has 0 aliphatic heterocycles. The van der Waals surface area contributed by atoms with Gasteiger partial charge in [-0.25, -0.2) is 0 Å². The summed E-state index contributed by atoms with van der Waals surface area (Å²) in [5, 5.41) is 0.920. The molecule has 1 aromatic rings. The fourth-order valence-electron chi connectivity index (χ4n) is 1.72. The first kappa shape index (κ1) is 14.7. The van der Waals surface area contributed by atoms with Crippen LogP contribution in [0.25, 0.3) is 0 Å². The van der Waals surface area contributed by atoms with Crippen molar-refractivity contribution in [2.45, 2.75) is 45.7 Å². The second-order valence-corrected chi connectivity index (χ2v) is 8.62. The Hall–Kier alpha value is -0.353. The van der Waals surface area contributed by atoms with Crippen molar-refractivity contribution < 1.29 is 4.43 Å². The van der Waals surface area contributed by atoms with Crippen molar-refractivity contribution >= 4 is 25.0 Å². The molecule has 0 unspecified atom stereocenters. The van der Waals surface area contributed by atoms with E-state index in [-0.39, 0.29) is 5.41 Å². The molecule has 0 radical (unpaired) electrons. The maximum Gasteiger partial charge on any atom is 0.229 e. The molecule has 0 atom stereocenters. The smallest absolute Gasteiger partial charge is 0.229 e. The van der Waals surface area contributed by atoms with Gasteiger partial charge < -0.3 is 4.43 Å². The van der Waals surface area contributed by atoms with Crippen LogP contribution in [0, 0.1) is 0 Å². The predicted molar refractivity (Wildman–Crippen MR) is 79.9 cm³/mol. The van der Waals surface area contributed by atoms with Gasteiger partial charge in [0.25, 0.3) is 0 Å². The lowest BCUT2D eigenvalue weighted by Gasteiger charge is -2.25. The van der Waals surface area contributed by atoms with E-state index in [0.29, 0.717) is 0 Å². The number of alkyl halides is 1. The fourth-order valence-corrected chi connectivity index (χ4v) is 2.83.